The van der Waals surface area contributed by atoms with Crippen LogP contribution >= 0.6 is 12.6 Å². The molecular weight excluding hydrogens is 168 g/mol. The third-order valence-electron chi connectivity index (χ3n) is 2.28. The van der Waals surface area contributed by atoms with Crippen molar-refractivity contribution < 1.29 is 4.74 Å². The molecule has 1 aromatic rings. The van der Waals surface area contributed by atoms with Crippen LogP contribution in [0.2, 0.25) is 0 Å². The number of ether oxygens (including phenoxy) is 1. The van der Waals surface area contributed by atoms with E-state index in [0.29, 0.717) is 5.92 Å². The smallest absolute Gasteiger partial charge is 0.122 e. The Morgan fingerprint density at radius 2 is 2.25 bits per heavy atom. The van der Waals surface area contributed by atoms with Gasteiger partial charge in [0, 0.05) is 11.5 Å². The number of fused-ring (bicyclic) bond motifs is 1. The Hall–Kier alpha value is -0.630. The number of thiol groups is 1. The number of benzene rings is 1. The van der Waals surface area contributed by atoms with Crippen molar-refractivity contribution in [3.05, 3.63) is 29.8 Å². The predicted octanol–water partition coefficient (Wildman–Crippen LogP) is 2.48. The molecule has 0 saturated carbocycles. The Morgan fingerprint density at radius 1 is 1.42 bits per heavy atom. The number of hydrogen-bond acceptors (Lipinski definition) is 2. The number of para-hydroxylation sites is 1. The van der Waals surface area contributed by atoms with Crippen LogP contribution in [0.4, 0.5) is 0 Å². The Bertz CT molecular complexity index is 270. The minimum atomic E-state index is 0.568. The van der Waals surface area contributed by atoms with Gasteiger partial charge in [-0.25, -0.2) is 0 Å². The lowest BCUT2D eigenvalue weighted by Crippen LogP contribution is -2.00. The Morgan fingerprint density at radius 3 is 3.08 bits per heavy atom. The zero-order chi connectivity index (χ0) is 8.39. The molecule has 2 heteroatoms. The van der Waals surface area contributed by atoms with E-state index in [-0.39, 0.29) is 0 Å². The summed E-state index contributed by atoms with van der Waals surface area (Å²) >= 11 is 4.23. The molecule has 1 aliphatic heterocycles. The molecule has 12 heavy (non-hydrogen) atoms. The standard InChI is InChI=1S/C10H12OS/c12-6-5-8-7-11-10-4-2-1-3-9(8)10/h1-4,8,12H,5-7H2. The average molecular weight is 180 g/mol. The molecule has 1 heterocycles. The second kappa shape index (κ2) is 3.40. The average Bonchev–Trinajstić information content (AvgIpc) is 2.50. The molecule has 0 saturated heterocycles. The first-order chi connectivity index (χ1) is 5.92. The molecule has 0 fully saturated rings. The molecule has 2 rings (SSSR count). The molecule has 0 aliphatic carbocycles. The molecule has 0 amide bonds. The topological polar surface area (TPSA) is 9.23 Å². The molecule has 1 nitrogen and oxygen atoms in total. The quantitative estimate of drug-likeness (QED) is 0.688. The molecule has 0 radical (unpaired) electrons. The van der Waals surface area contributed by atoms with Gasteiger partial charge in [0.1, 0.15) is 5.75 Å². The van der Waals surface area contributed by atoms with Gasteiger partial charge >= 0.3 is 0 Å². The SMILES string of the molecule is SCCC1COc2ccccc21. The van der Waals surface area contributed by atoms with Gasteiger partial charge in [0.05, 0.1) is 6.61 Å². The molecule has 0 N–H and O–H groups in total. The zero-order valence-corrected chi connectivity index (χ0v) is 7.76. The van der Waals surface area contributed by atoms with Crippen molar-refractivity contribution in [3.63, 3.8) is 0 Å². The van der Waals surface area contributed by atoms with E-state index in [0.717, 1.165) is 24.5 Å². The lowest BCUT2D eigenvalue weighted by Gasteiger charge is -2.04. The Labute approximate surface area is 78.2 Å². The Kier molecular flexibility index (Phi) is 2.26. The predicted molar refractivity (Wildman–Crippen MR) is 53.1 cm³/mol. The van der Waals surface area contributed by atoms with Gasteiger partial charge in [0.25, 0.3) is 0 Å². The first-order valence-corrected chi connectivity index (χ1v) is 4.87. The van der Waals surface area contributed by atoms with Gasteiger partial charge in [-0.1, -0.05) is 18.2 Å². The highest BCUT2D eigenvalue weighted by molar-refractivity contribution is 7.80. The van der Waals surface area contributed by atoms with Crippen LogP contribution in [0.1, 0.15) is 17.9 Å². The summed E-state index contributed by atoms with van der Waals surface area (Å²) in [4.78, 5) is 0. The van der Waals surface area contributed by atoms with Gasteiger partial charge < -0.3 is 4.74 Å². The first-order valence-electron chi connectivity index (χ1n) is 4.24. The van der Waals surface area contributed by atoms with Crippen molar-refractivity contribution in [2.45, 2.75) is 12.3 Å². The minimum absolute atomic E-state index is 0.568. The van der Waals surface area contributed by atoms with Crippen LogP contribution in [0.25, 0.3) is 0 Å². The van der Waals surface area contributed by atoms with Crippen molar-refractivity contribution in [1.29, 1.82) is 0 Å². The highest BCUT2D eigenvalue weighted by Crippen LogP contribution is 2.35. The lowest BCUT2D eigenvalue weighted by molar-refractivity contribution is 0.329. The molecule has 64 valence electrons. The normalized spacial score (nSPS) is 20.2. The van der Waals surface area contributed by atoms with Gasteiger partial charge in [-0.15, -0.1) is 0 Å². The minimum Gasteiger partial charge on any atom is -0.493 e. The van der Waals surface area contributed by atoms with Crippen molar-refractivity contribution in [3.8, 4) is 5.75 Å². The third kappa shape index (κ3) is 1.31. The van der Waals surface area contributed by atoms with E-state index in [2.05, 4.69) is 24.8 Å². The lowest BCUT2D eigenvalue weighted by atomic mass is 9.99. The van der Waals surface area contributed by atoms with Gasteiger partial charge in [0.2, 0.25) is 0 Å². The summed E-state index contributed by atoms with van der Waals surface area (Å²) in [6.45, 7) is 0.833. The number of hydrogen-bond donors (Lipinski definition) is 1. The zero-order valence-electron chi connectivity index (χ0n) is 6.86. The highest BCUT2D eigenvalue weighted by Gasteiger charge is 2.22. The highest BCUT2D eigenvalue weighted by atomic mass is 32.1. The first kappa shape index (κ1) is 7.99. The van der Waals surface area contributed by atoms with Crippen molar-refractivity contribution in [2.24, 2.45) is 0 Å². The maximum absolute atomic E-state index is 5.53. The maximum atomic E-state index is 5.53. The molecule has 0 bridgehead atoms. The van der Waals surface area contributed by atoms with E-state index in [1.807, 2.05) is 12.1 Å². The van der Waals surface area contributed by atoms with Gasteiger partial charge in [-0.2, -0.15) is 12.6 Å². The summed E-state index contributed by atoms with van der Waals surface area (Å²) in [5.41, 5.74) is 1.35. The largest absolute Gasteiger partial charge is 0.493 e. The summed E-state index contributed by atoms with van der Waals surface area (Å²) in [5, 5.41) is 0. The van der Waals surface area contributed by atoms with Crippen molar-refractivity contribution >= 4 is 12.6 Å². The van der Waals surface area contributed by atoms with Crippen molar-refractivity contribution in [1.82, 2.24) is 0 Å². The monoisotopic (exact) mass is 180 g/mol. The molecule has 0 spiro atoms. The van der Waals surface area contributed by atoms with Crippen LogP contribution in [0.15, 0.2) is 24.3 Å². The molecule has 1 atom stereocenters. The molecular formula is C10H12OS. The van der Waals surface area contributed by atoms with E-state index < -0.39 is 0 Å². The van der Waals surface area contributed by atoms with E-state index in [1.54, 1.807) is 0 Å². The van der Waals surface area contributed by atoms with Crippen molar-refractivity contribution in [2.75, 3.05) is 12.4 Å². The summed E-state index contributed by atoms with van der Waals surface area (Å²) < 4.78 is 5.53. The molecule has 1 unspecified atom stereocenters. The van der Waals surface area contributed by atoms with Crippen LogP contribution < -0.4 is 4.74 Å². The molecule has 1 aliphatic rings. The van der Waals surface area contributed by atoms with Crippen LogP contribution in [0.5, 0.6) is 5.75 Å². The van der Waals surface area contributed by atoms with Gasteiger partial charge in [-0.05, 0) is 18.2 Å². The second-order valence-electron chi connectivity index (χ2n) is 3.06. The maximum Gasteiger partial charge on any atom is 0.122 e. The summed E-state index contributed by atoms with van der Waals surface area (Å²) in [5.74, 6) is 2.56. The van der Waals surface area contributed by atoms with Gasteiger partial charge in [-0.3, -0.25) is 0 Å². The van der Waals surface area contributed by atoms with Crippen LogP contribution in [0, 0.1) is 0 Å². The fraction of sp³-hybridized carbons (Fsp3) is 0.400. The van der Waals surface area contributed by atoms with E-state index in [9.17, 15) is 0 Å². The Balaban J connectivity index is 2.24. The van der Waals surface area contributed by atoms with Crippen LogP contribution in [-0.2, 0) is 0 Å². The third-order valence-corrected chi connectivity index (χ3v) is 2.53. The number of rotatable bonds is 2. The second-order valence-corrected chi connectivity index (χ2v) is 3.51. The van der Waals surface area contributed by atoms with E-state index in [4.69, 9.17) is 4.74 Å². The fourth-order valence-electron chi connectivity index (χ4n) is 1.62. The van der Waals surface area contributed by atoms with Crippen LogP contribution in [-0.4, -0.2) is 12.4 Å². The fourth-order valence-corrected chi connectivity index (χ4v) is 1.94. The molecule has 1 aromatic carbocycles. The van der Waals surface area contributed by atoms with E-state index >= 15 is 0 Å². The van der Waals surface area contributed by atoms with Crippen LogP contribution in [0.3, 0.4) is 0 Å². The molecule has 0 aromatic heterocycles. The summed E-state index contributed by atoms with van der Waals surface area (Å²) in [6.07, 6.45) is 1.11. The van der Waals surface area contributed by atoms with E-state index in [1.165, 1.54) is 5.56 Å². The summed E-state index contributed by atoms with van der Waals surface area (Å²) in [7, 11) is 0. The van der Waals surface area contributed by atoms with Gasteiger partial charge in [0.15, 0.2) is 0 Å². The summed E-state index contributed by atoms with van der Waals surface area (Å²) in [6, 6.07) is 8.27.